The Bertz CT molecular complexity index is 842. The van der Waals surface area contributed by atoms with Gasteiger partial charge in [-0.25, -0.2) is 8.78 Å². The van der Waals surface area contributed by atoms with E-state index in [4.69, 9.17) is 0 Å². The lowest BCUT2D eigenvalue weighted by atomic mass is 10.1. The number of hydrogen-bond acceptors (Lipinski definition) is 2. The number of nitrogens with one attached hydrogen (secondary N) is 1. The summed E-state index contributed by atoms with van der Waals surface area (Å²) in [6.45, 7) is 0.595. The predicted octanol–water partition coefficient (Wildman–Crippen LogP) is 4.25. The third kappa shape index (κ3) is 4.73. The Labute approximate surface area is 144 Å². The Balaban J connectivity index is 1.48. The summed E-state index contributed by atoms with van der Waals surface area (Å²) in [4.78, 5) is 11.9. The van der Waals surface area contributed by atoms with Crippen molar-refractivity contribution in [2.24, 2.45) is 0 Å². The molecule has 6 heteroatoms. The molecule has 25 heavy (non-hydrogen) atoms. The fourth-order valence-electron chi connectivity index (χ4n) is 2.44. The largest absolute Gasteiger partial charge is 0.326 e. The lowest BCUT2D eigenvalue weighted by Gasteiger charge is -2.05. The van der Waals surface area contributed by atoms with Crippen molar-refractivity contribution in [1.82, 2.24) is 9.78 Å². The summed E-state index contributed by atoms with van der Waals surface area (Å²) >= 11 is 0. The number of nitrogens with zero attached hydrogens (tertiary/aromatic N) is 2. The summed E-state index contributed by atoms with van der Waals surface area (Å²) in [5.74, 6) is -0.741. The van der Waals surface area contributed by atoms with E-state index in [2.05, 4.69) is 10.4 Å². The number of carbonyl (C=O) groups is 1. The van der Waals surface area contributed by atoms with Crippen LogP contribution in [0.2, 0.25) is 0 Å². The zero-order chi connectivity index (χ0) is 17.6. The number of anilines is 1. The molecule has 1 N–H and O–H groups in total. The van der Waals surface area contributed by atoms with Gasteiger partial charge in [-0.3, -0.25) is 9.48 Å². The van der Waals surface area contributed by atoms with Crippen LogP contribution >= 0.6 is 0 Å². The van der Waals surface area contributed by atoms with Gasteiger partial charge >= 0.3 is 0 Å². The van der Waals surface area contributed by atoms with Gasteiger partial charge in [-0.2, -0.15) is 5.10 Å². The van der Waals surface area contributed by atoms with Gasteiger partial charge < -0.3 is 5.32 Å². The van der Waals surface area contributed by atoms with E-state index in [0.29, 0.717) is 25.1 Å². The van der Waals surface area contributed by atoms with E-state index in [1.807, 2.05) is 6.20 Å². The van der Waals surface area contributed by atoms with Crippen LogP contribution in [0.15, 0.2) is 60.9 Å². The summed E-state index contributed by atoms with van der Waals surface area (Å²) < 4.78 is 27.5. The smallest absolute Gasteiger partial charge is 0.224 e. The van der Waals surface area contributed by atoms with Crippen molar-refractivity contribution < 1.29 is 13.6 Å². The van der Waals surface area contributed by atoms with Crippen LogP contribution in [-0.2, 0) is 11.3 Å². The number of aromatic nitrogens is 2. The highest BCUT2D eigenvalue weighted by Gasteiger charge is 2.05. The summed E-state index contributed by atoms with van der Waals surface area (Å²) in [7, 11) is 0. The van der Waals surface area contributed by atoms with Gasteiger partial charge in [-0.1, -0.05) is 12.1 Å². The maximum absolute atomic E-state index is 12.9. The monoisotopic (exact) mass is 341 g/mol. The van der Waals surface area contributed by atoms with Crippen molar-refractivity contribution in [1.29, 1.82) is 0 Å². The van der Waals surface area contributed by atoms with Crippen molar-refractivity contribution in [3.63, 3.8) is 0 Å². The van der Waals surface area contributed by atoms with Crippen LogP contribution in [-0.4, -0.2) is 15.7 Å². The fraction of sp³-hybridized carbons (Fsp3) is 0.158. The average molecular weight is 341 g/mol. The van der Waals surface area contributed by atoms with Gasteiger partial charge in [0.25, 0.3) is 0 Å². The molecule has 0 fully saturated rings. The molecule has 1 heterocycles. The van der Waals surface area contributed by atoms with Gasteiger partial charge in [0.05, 0.1) is 6.20 Å². The molecule has 0 saturated heterocycles. The van der Waals surface area contributed by atoms with Crippen LogP contribution in [0.4, 0.5) is 14.5 Å². The van der Waals surface area contributed by atoms with Crippen LogP contribution in [0.3, 0.4) is 0 Å². The van der Waals surface area contributed by atoms with Gasteiger partial charge in [0, 0.05) is 30.4 Å². The van der Waals surface area contributed by atoms with Crippen LogP contribution in [0.1, 0.15) is 12.8 Å². The molecule has 0 unspecified atom stereocenters. The van der Waals surface area contributed by atoms with Crippen molar-refractivity contribution in [3.05, 3.63) is 72.6 Å². The molecule has 3 aromatic rings. The van der Waals surface area contributed by atoms with Crippen LogP contribution in [0.5, 0.6) is 0 Å². The molecule has 4 nitrogen and oxygen atoms in total. The minimum atomic E-state index is -0.339. The Morgan fingerprint density at radius 2 is 1.60 bits per heavy atom. The van der Waals surface area contributed by atoms with Crippen molar-refractivity contribution in [2.75, 3.05) is 5.32 Å². The van der Waals surface area contributed by atoms with E-state index < -0.39 is 0 Å². The van der Waals surface area contributed by atoms with Gasteiger partial charge in [0.2, 0.25) is 5.91 Å². The molecular formula is C19H17F2N3O. The molecule has 0 radical (unpaired) electrons. The highest BCUT2D eigenvalue weighted by atomic mass is 19.1. The molecule has 0 aliphatic carbocycles. The Morgan fingerprint density at radius 1 is 0.960 bits per heavy atom. The first-order valence-corrected chi connectivity index (χ1v) is 7.94. The number of halogens is 2. The highest BCUT2D eigenvalue weighted by Crippen LogP contribution is 2.19. The second kappa shape index (κ2) is 7.70. The number of aryl methyl sites for hydroxylation is 1. The molecule has 0 spiro atoms. The topological polar surface area (TPSA) is 46.9 Å². The Morgan fingerprint density at radius 3 is 2.28 bits per heavy atom. The molecular weight excluding hydrogens is 324 g/mol. The zero-order valence-electron chi connectivity index (χ0n) is 13.5. The molecule has 1 aromatic heterocycles. The molecule has 0 atom stereocenters. The van der Waals surface area contributed by atoms with Crippen LogP contribution < -0.4 is 5.32 Å². The summed E-state index contributed by atoms with van der Waals surface area (Å²) in [6.07, 6.45) is 4.54. The van der Waals surface area contributed by atoms with E-state index in [1.165, 1.54) is 36.4 Å². The molecule has 0 aliphatic rings. The lowest BCUT2D eigenvalue weighted by molar-refractivity contribution is -0.116. The molecule has 1 amide bonds. The molecule has 2 aromatic carbocycles. The third-order valence-electron chi connectivity index (χ3n) is 3.73. The van der Waals surface area contributed by atoms with Gasteiger partial charge in [0.15, 0.2) is 0 Å². The first-order valence-electron chi connectivity index (χ1n) is 7.94. The van der Waals surface area contributed by atoms with Gasteiger partial charge in [-0.15, -0.1) is 0 Å². The zero-order valence-corrected chi connectivity index (χ0v) is 13.5. The quantitative estimate of drug-likeness (QED) is 0.729. The first kappa shape index (κ1) is 16.8. The van der Waals surface area contributed by atoms with Gasteiger partial charge in [-0.05, 0) is 48.4 Å². The molecule has 0 saturated carbocycles. The summed E-state index contributed by atoms with van der Waals surface area (Å²) in [5, 5.41) is 6.98. The number of rotatable bonds is 6. The third-order valence-corrected chi connectivity index (χ3v) is 3.73. The number of hydrogen-bond donors (Lipinski definition) is 1. The van der Waals surface area contributed by atoms with Crippen molar-refractivity contribution in [2.45, 2.75) is 19.4 Å². The molecule has 0 aliphatic heterocycles. The molecule has 128 valence electrons. The molecule has 0 bridgehead atoms. The van der Waals surface area contributed by atoms with E-state index in [-0.39, 0.29) is 17.5 Å². The normalized spacial score (nSPS) is 10.6. The standard InChI is InChI=1S/C19H17F2N3O/c20-16-5-3-14(4-6-16)15-12-22-24(13-15)11-1-2-19(25)23-18-9-7-17(21)8-10-18/h3-10,12-13H,1-2,11H2,(H,23,25). The van der Waals surface area contributed by atoms with Crippen molar-refractivity contribution in [3.8, 4) is 11.1 Å². The minimum Gasteiger partial charge on any atom is -0.326 e. The minimum absolute atomic E-state index is 0.127. The first-order chi connectivity index (χ1) is 12.1. The maximum atomic E-state index is 12.9. The SMILES string of the molecule is O=C(CCCn1cc(-c2ccc(F)cc2)cn1)Nc1ccc(F)cc1. The van der Waals surface area contributed by atoms with Crippen LogP contribution in [0, 0.1) is 11.6 Å². The Hall–Kier alpha value is -3.02. The summed E-state index contributed by atoms with van der Waals surface area (Å²) in [6, 6.07) is 11.9. The Kier molecular flexibility index (Phi) is 5.18. The van der Waals surface area contributed by atoms with Crippen molar-refractivity contribution >= 4 is 11.6 Å². The number of benzene rings is 2. The second-order valence-electron chi connectivity index (χ2n) is 5.66. The second-order valence-corrected chi connectivity index (χ2v) is 5.66. The lowest BCUT2D eigenvalue weighted by Crippen LogP contribution is -2.12. The van der Waals surface area contributed by atoms with E-state index in [9.17, 15) is 13.6 Å². The fourth-order valence-corrected chi connectivity index (χ4v) is 2.44. The van der Waals surface area contributed by atoms with E-state index >= 15 is 0 Å². The van der Waals surface area contributed by atoms with E-state index in [1.54, 1.807) is 23.0 Å². The number of amides is 1. The highest BCUT2D eigenvalue weighted by molar-refractivity contribution is 5.90. The average Bonchev–Trinajstić information content (AvgIpc) is 3.06. The van der Waals surface area contributed by atoms with E-state index in [0.717, 1.165) is 11.1 Å². The molecule has 3 rings (SSSR count). The summed E-state index contributed by atoms with van der Waals surface area (Å²) in [5.41, 5.74) is 2.36. The van der Waals surface area contributed by atoms with Gasteiger partial charge in [0.1, 0.15) is 11.6 Å². The van der Waals surface area contributed by atoms with Crippen LogP contribution in [0.25, 0.3) is 11.1 Å². The number of carbonyl (C=O) groups excluding carboxylic acids is 1. The predicted molar refractivity (Wildman–Crippen MR) is 91.9 cm³/mol. The maximum Gasteiger partial charge on any atom is 0.224 e.